The van der Waals surface area contributed by atoms with Crippen LogP contribution in [0.2, 0.25) is 0 Å². The lowest BCUT2D eigenvalue weighted by molar-refractivity contribution is -0.906. The zero-order chi connectivity index (χ0) is 14.4. The van der Waals surface area contributed by atoms with Gasteiger partial charge in [-0.05, 0) is 82.5 Å². The van der Waals surface area contributed by atoms with E-state index in [9.17, 15) is 5.11 Å². The Morgan fingerprint density at radius 3 is 1.86 bits per heavy atom. The van der Waals surface area contributed by atoms with E-state index in [1.807, 2.05) is 0 Å². The van der Waals surface area contributed by atoms with Crippen LogP contribution in [-0.4, -0.2) is 41.9 Å². The molecule has 4 aliphatic carbocycles. The molecule has 124 valence electrons. The van der Waals surface area contributed by atoms with Crippen LogP contribution < -0.4 is 24.0 Å². The van der Waals surface area contributed by atoms with Crippen molar-refractivity contribution in [2.75, 3.05) is 26.7 Å². The second-order valence-electron chi connectivity index (χ2n) is 8.37. The van der Waals surface area contributed by atoms with Gasteiger partial charge in [0.05, 0.1) is 32.3 Å². The molecular formula is C18H34INO. The summed E-state index contributed by atoms with van der Waals surface area (Å²) in [7, 11) is 2.36. The minimum atomic E-state index is -0.292. The summed E-state index contributed by atoms with van der Waals surface area (Å²) in [6.45, 7) is 8.25. The van der Waals surface area contributed by atoms with Crippen LogP contribution in [0.5, 0.6) is 0 Å². The van der Waals surface area contributed by atoms with E-state index < -0.39 is 0 Å². The maximum atomic E-state index is 11.3. The summed E-state index contributed by atoms with van der Waals surface area (Å²) in [5.74, 6) is 3.21. The fourth-order valence-electron chi connectivity index (χ4n) is 5.69. The number of nitrogens with zero attached hydrogens (tertiary/aromatic N) is 1. The van der Waals surface area contributed by atoms with Gasteiger partial charge in [0.2, 0.25) is 0 Å². The summed E-state index contributed by atoms with van der Waals surface area (Å²) < 4.78 is 1.16. The molecule has 0 aliphatic heterocycles. The van der Waals surface area contributed by atoms with Gasteiger partial charge in [-0.3, -0.25) is 0 Å². The third-order valence-corrected chi connectivity index (χ3v) is 7.35. The molecule has 4 saturated carbocycles. The Labute approximate surface area is 148 Å². The highest BCUT2D eigenvalue weighted by atomic mass is 127. The molecule has 2 nitrogen and oxygen atoms in total. The molecule has 0 radical (unpaired) electrons. The first-order chi connectivity index (χ1) is 9.49. The molecule has 4 fully saturated rings. The summed E-state index contributed by atoms with van der Waals surface area (Å²) in [5.41, 5.74) is -0.292. The molecular weight excluding hydrogens is 373 g/mol. The van der Waals surface area contributed by atoms with Gasteiger partial charge in [-0.1, -0.05) is 0 Å². The monoisotopic (exact) mass is 407 g/mol. The van der Waals surface area contributed by atoms with E-state index in [-0.39, 0.29) is 29.6 Å². The van der Waals surface area contributed by atoms with Crippen molar-refractivity contribution >= 4 is 0 Å². The second kappa shape index (κ2) is 6.64. The average molecular weight is 407 g/mol. The van der Waals surface area contributed by atoms with Crippen molar-refractivity contribution < 1.29 is 33.6 Å². The van der Waals surface area contributed by atoms with Crippen LogP contribution in [0.25, 0.3) is 0 Å². The summed E-state index contributed by atoms with van der Waals surface area (Å²) in [6, 6.07) is 0. The van der Waals surface area contributed by atoms with Crippen molar-refractivity contribution in [1.29, 1.82) is 0 Å². The molecule has 3 heteroatoms. The maximum Gasteiger partial charge on any atom is 0.0785 e. The van der Waals surface area contributed by atoms with Gasteiger partial charge in [-0.15, -0.1) is 0 Å². The molecule has 0 aromatic rings. The minimum absolute atomic E-state index is 0. The van der Waals surface area contributed by atoms with Gasteiger partial charge in [0.25, 0.3) is 0 Å². The highest BCUT2D eigenvalue weighted by molar-refractivity contribution is 5.06. The Kier molecular flexibility index (Phi) is 5.69. The van der Waals surface area contributed by atoms with Crippen LogP contribution in [0, 0.1) is 23.7 Å². The smallest absolute Gasteiger partial charge is 0.0785 e. The molecule has 4 bridgehead atoms. The molecule has 0 heterocycles. The molecule has 0 spiro atoms. The lowest BCUT2D eigenvalue weighted by Gasteiger charge is -2.59. The Balaban J connectivity index is 0.00000161. The van der Waals surface area contributed by atoms with Crippen LogP contribution in [-0.2, 0) is 0 Å². The van der Waals surface area contributed by atoms with E-state index in [0.29, 0.717) is 11.8 Å². The van der Waals surface area contributed by atoms with Gasteiger partial charge >= 0.3 is 0 Å². The Hall–Kier alpha value is 0.650. The van der Waals surface area contributed by atoms with Crippen molar-refractivity contribution in [3.63, 3.8) is 0 Å². The third-order valence-electron chi connectivity index (χ3n) is 7.35. The average Bonchev–Trinajstić information content (AvgIpc) is 2.44. The minimum Gasteiger partial charge on any atom is -1.00 e. The molecule has 21 heavy (non-hydrogen) atoms. The second-order valence-corrected chi connectivity index (χ2v) is 8.37. The summed E-state index contributed by atoms with van der Waals surface area (Å²) in [5, 5.41) is 11.3. The quantitative estimate of drug-likeness (QED) is 0.501. The zero-order valence-corrected chi connectivity index (χ0v) is 16.3. The van der Waals surface area contributed by atoms with Crippen LogP contribution in [0.1, 0.15) is 58.8 Å². The maximum absolute atomic E-state index is 11.3. The summed E-state index contributed by atoms with van der Waals surface area (Å²) in [4.78, 5) is 0. The summed E-state index contributed by atoms with van der Waals surface area (Å²) >= 11 is 0. The predicted molar refractivity (Wildman–Crippen MR) is 83.4 cm³/mol. The van der Waals surface area contributed by atoms with Gasteiger partial charge < -0.3 is 33.6 Å². The van der Waals surface area contributed by atoms with Gasteiger partial charge in [-0.2, -0.15) is 0 Å². The standard InChI is InChI=1S/C18H34NO.HI/c1-4-19(3,5-2)8-6-7-18(20)16-10-14-9-15(12-16)13-17(18)11-14;/h14-17,20H,4-13H2,1-3H3;1H/q+1;/p-1. The van der Waals surface area contributed by atoms with Crippen LogP contribution in [0.15, 0.2) is 0 Å². The van der Waals surface area contributed by atoms with E-state index in [4.69, 9.17) is 0 Å². The van der Waals surface area contributed by atoms with Gasteiger partial charge in [0, 0.05) is 0 Å². The fraction of sp³-hybridized carbons (Fsp3) is 1.00. The van der Waals surface area contributed by atoms with Gasteiger partial charge in [-0.25, -0.2) is 0 Å². The zero-order valence-electron chi connectivity index (χ0n) is 14.2. The number of aliphatic hydroxyl groups is 1. The van der Waals surface area contributed by atoms with E-state index >= 15 is 0 Å². The predicted octanol–water partition coefficient (Wildman–Crippen LogP) is 0.444. The molecule has 4 aliphatic rings. The third kappa shape index (κ3) is 3.30. The van der Waals surface area contributed by atoms with Crippen molar-refractivity contribution in [1.82, 2.24) is 0 Å². The molecule has 1 N–H and O–H groups in total. The van der Waals surface area contributed by atoms with Crippen LogP contribution in [0.3, 0.4) is 0 Å². The fourth-order valence-corrected chi connectivity index (χ4v) is 5.69. The molecule has 0 unspecified atom stereocenters. The first-order valence-electron chi connectivity index (χ1n) is 9.05. The number of quaternary nitrogens is 1. The normalized spacial score (nSPS) is 41.1. The lowest BCUT2D eigenvalue weighted by Crippen LogP contribution is -3.00. The first-order valence-corrected chi connectivity index (χ1v) is 9.05. The molecule has 0 atom stereocenters. The molecule has 0 aromatic heterocycles. The highest BCUT2D eigenvalue weighted by Gasteiger charge is 2.55. The van der Waals surface area contributed by atoms with E-state index in [0.717, 1.165) is 22.7 Å². The number of rotatable bonds is 6. The van der Waals surface area contributed by atoms with Crippen molar-refractivity contribution in [3.8, 4) is 0 Å². The van der Waals surface area contributed by atoms with Crippen LogP contribution >= 0.6 is 0 Å². The Bertz CT molecular complexity index is 325. The van der Waals surface area contributed by atoms with E-state index in [1.165, 1.54) is 58.2 Å². The van der Waals surface area contributed by atoms with E-state index in [1.54, 1.807) is 0 Å². The Morgan fingerprint density at radius 1 is 0.952 bits per heavy atom. The molecule has 0 saturated heterocycles. The van der Waals surface area contributed by atoms with E-state index in [2.05, 4.69) is 20.9 Å². The molecule has 0 aromatic carbocycles. The topological polar surface area (TPSA) is 20.2 Å². The largest absolute Gasteiger partial charge is 1.00 e. The summed E-state index contributed by atoms with van der Waals surface area (Å²) in [6.07, 6.45) is 9.07. The number of hydrogen-bond acceptors (Lipinski definition) is 1. The SMILES string of the molecule is CC[N+](C)(CC)CCCC1(O)C2CC3CC(C2)CC1C3.[I-]. The number of halogens is 1. The van der Waals surface area contributed by atoms with Crippen molar-refractivity contribution in [3.05, 3.63) is 0 Å². The highest BCUT2D eigenvalue weighted by Crippen LogP contribution is 2.59. The van der Waals surface area contributed by atoms with Gasteiger partial charge in [0.1, 0.15) is 0 Å². The lowest BCUT2D eigenvalue weighted by atomic mass is 9.49. The van der Waals surface area contributed by atoms with Crippen LogP contribution in [0.4, 0.5) is 0 Å². The number of hydrogen-bond donors (Lipinski definition) is 1. The molecule has 0 amide bonds. The Morgan fingerprint density at radius 2 is 1.43 bits per heavy atom. The molecule has 4 rings (SSSR count). The van der Waals surface area contributed by atoms with Crippen molar-refractivity contribution in [2.24, 2.45) is 23.7 Å². The van der Waals surface area contributed by atoms with Crippen molar-refractivity contribution in [2.45, 2.75) is 64.4 Å². The van der Waals surface area contributed by atoms with Gasteiger partial charge in [0.15, 0.2) is 0 Å². The first kappa shape index (κ1) is 18.0.